The quantitative estimate of drug-likeness (QED) is 0.548. The minimum absolute atomic E-state index is 0.153. The number of carbonyl (C=O) groups excluding carboxylic acids is 3. The Balaban J connectivity index is 1.73. The lowest BCUT2D eigenvalue weighted by molar-refractivity contribution is -0.160. The second kappa shape index (κ2) is 5.28. The molecule has 24 heavy (non-hydrogen) atoms. The maximum absolute atomic E-state index is 12.6. The van der Waals surface area contributed by atoms with E-state index in [1.165, 1.54) is 0 Å². The first-order valence-electron chi connectivity index (χ1n) is 9.48. The van der Waals surface area contributed by atoms with E-state index in [0.29, 0.717) is 42.8 Å². The zero-order chi connectivity index (χ0) is 17.1. The monoisotopic (exact) mass is 326 g/mol. The van der Waals surface area contributed by atoms with Gasteiger partial charge in [0.05, 0.1) is 0 Å². The van der Waals surface area contributed by atoms with Crippen molar-refractivity contribution in [2.75, 3.05) is 0 Å². The maximum Gasteiger partial charge on any atom is 0.202 e. The Morgan fingerprint density at radius 2 is 1.83 bits per heavy atom. The molecule has 0 aliphatic heterocycles. The highest BCUT2D eigenvalue weighted by molar-refractivity contribution is 6.38. The normalized spacial score (nSPS) is 47.6. The summed E-state index contributed by atoms with van der Waals surface area (Å²) in [5.74, 6) is 4.12. The molecule has 4 saturated carbocycles. The fourth-order valence-electron chi connectivity index (χ4n) is 7.03. The van der Waals surface area contributed by atoms with Crippen molar-refractivity contribution in [1.82, 2.24) is 0 Å². The van der Waals surface area contributed by atoms with Crippen molar-refractivity contribution in [3.8, 4) is 12.3 Å². The van der Waals surface area contributed by atoms with Crippen LogP contribution in [0.2, 0.25) is 0 Å². The van der Waals surface area contributed by atoms with Crippen LogP contribution in [0.3, 0.4) is 0 Å². The summed E-state index contributed by atoms with van der Waals surface area (Å²) in [6, 6.07) is 0. The average Bonchev–Trinajstić information content (AvgIpc) is 2.87. The van der Waals surface area contributed by atoms with E-state index in [4.69, 9.17) is 6.42 Å². The van der Waals surface area contributed by atoms with Crippen LogP contribution in [0, 0.1) is 46.8 Å². The SMILES string of the molecule is C#CCC12CCC(=O)C(=O)C1CC[C@@H]1[C@@H]2CC[C@]2(C)C(=O)CC[C@@H]12. The summed E-state index contributed by atoms with van der Waals surface area (Å²) < 4.78 is 0. The van der Waals surface area contributed by atoms with Crippen LogP contribution in [0.15, 0.2) is 0 Å². The third-order valence-corrected chi connectivity index (χ3v) is 8.21. The molecule has 4 aliphatic rings. The van der Waals surface area contributed by atoms with E-state index in [1.807, 2.05) is 0 Å². The lowest BCUT2D eigenvalue weighted by Crippen LogP contribution is -2.57. The predicted octanol–water partition coefficient (Wildman–Crippen LogP) is 3.35. The Bertz CT molecular complexity index is 656. The summed E-state index contributed by atoms with van der Waals surface area (Å²) >= 11 is 0. The molecule has 0 amide bonds. The molecule has 6 atom stereocenters. The Morgan fingerprint density at radius 1 is 1.04 bits per heavy atom. The number of terminal acetylenes is 1. The summed E-state index contributed by atoms with van der Waals surface area (Å²) in [6.45, 7) is 2.17. The Labute approximate surface area is 143 Å². The van der Waals surface area contributed by atoms with Gasteiger partial charge in [-0.15, -0.1) is 12.3 Å². The molecule has 0 aromatic heterocycles. The molecule has 4 rings (SSSR count). The van der Waals surface area contributed by atoms with Gasteiger partial charge in [-0.2, -0.15) is 0 Å². The number of rotatable bonds is 1. The van der Waals surface area contributed by atoms with Crippen LogP contribution in [0.5, 0.6) is 0 Å². The van der Waals surface area contributed by atoms with Crippen molar-refractivity contribution in [1.29, 1.82) is 0 Å². The van der Waals surface area contributed by atoms with Crippen molar-refractivity contribution in [2.24, 2.45) is 34.5 Å². The van der Waals surface area contributed by atoms with Crippen molar-refractivity contribution >= 4 is 17.3 Å². The molecular weight excluding hydrogens is 300 g/mol. The van der Waals surface area contributed by atoms with Crippen molar-refractivity contribution in [3.05, 3.63) is 0 Å². The molecule has 0 aromatic carbocycles. The van der Waals surface area contributed by atoms with Gasteiger partial charge in [-0.05, 0) is 61.7 Å². The number of Topliss-reactive ketones (excluding diaryl/α,β-unsaturated/α-hetero) is 3. The number of fused-ring (bicyclic) bond motifs is 5. The topological polar surface area (TPSA) is 51.2 Å². The highest BCUT2D eigenvalue weighted by Gasteiger charge is 2.63. The molecule has 4 aliphatic carbocycles. The molecule has 0 heterocycles. The first-order valence-corrected chi connectivity index (χ1v) is 9.48. The molecular formula is C21H26O3. The summed E-state index contributed by atoms with van der Waals surface area (Å²) in [5.41, 5.74) is -0.338. The molecule has 0 N–H and O–H groups in total. The molecule has 3 nitrogen and oxygen atoms in total. The first-order chi connectivity index (χ1) is 11.4. The number of hydrogen-bond donors (Lipinski definition) is 0. The van der Waals surface area contributed by atoms with E-state index in [1.54, 1.807) is 0 Å². The minimum atomic E-state index is -0.192. The maximum atomic E-state index is 12.6. The molecule has 0 saturated heterocycles. The summed E-state index contributed by atoms with van der Waals surface area (Å²) in [6.07, 6.45) is 12.9. The van der Waals surface area contributed by atoms with Gasteiger partial charge in [0, 0.05) is 30.6 Å². The van der Waals surface area contributed by atoms with Crippen molar-refractivity contribution in [2.45, 2.75) is 64.7 Å². The molecule has 3 heteroatoms. The minimum Gasteiger partial charge on any atom is -0.299 e. The highest BCUT2D eigenvalue weighted by Crippen LogP contribution is 2.65. The second-order valence-corrected chi connectivity index (χ2v) is 8.83. The van der Waals surface area contributed by atoms with Gasteiger partial charge < -0.3 is 0 Å². The van der Waals surface area contributed by atoms with E-state index in [9.17, 15) is 14.4 Å². The van der Waals surface area contributed by atoms with E-state index in [0.717, 1.165) is 38.5 Å². The zero-order valence-electron chi connectivity index (χ0n) is 14.5. The standard InChI is InChI=1S/C21H26O3/c1-3-10-21-12-9-17(22)19(24)16(21)5-4-13-14-6-7-18(23)20(14,2)11-8-15(13)21/h1,13-16H,4-12H2,2H3/t13-,14-,15-,16?,20-,21?/m0/s1. The van der Waals surface area contributed by atoms with E-state index in [2.05, 4.69) is 12.8 Å². The van der Waals surface area contributed by atoms with Gasteiger partial charge in [-0.3, -0.25) is 14.4 Å². The Kier molecular flexibility index (Phi) is 3.53. The third kappa shape index (κ3) is 1.89. The Hall–Kier alpha value is -1.43. The first kappa shape index (κ1) is 16.1. The van der Waals surface area contributed by atoms with E-state index >= 15 is 0 Å². The van der Waals surface area contributed by atoms with Crippen LogP contribution in [0.1, 0.15) is 64.7 Å². The molecule has 0 radical (unpaired) electrons. The molecule has 128 valence electrons. The molecule has 4 fully saturated rings. The highest BCUT2D eigenvalue weighted by atomic mass is 16.2. The molecule has 0 bridgehead atoms. The largest absolute Gasteiger partial charge is 0.299 e. The lowest BCUT2D eigenvalue weighted by atomic mass is 9.44. The fraction of sp³-hybridized carbons (Fsp3) is 0.762. The van der Waals surface area contributed by atoms with Gasteiger partial charge in [-0.1, -0.05) is 6.92 Å². The van der Waals surface area contributed by atoms with Gasteiger partial charge in [0.2, 0.25) is 5.78 Å². The number of carbonyl (C=O) groups is 3. The van der Waals surface area contributed by atoms with Gasteiger partial charge >= 0.3 is 0 Å². The Morgan fingerprint density at radius 3 is 2.58 bits per heavy atom. The van der Waals surface area contributed by atoms with Crippen LogP contribution >= 0.6 is 0 Å². The molecule has 0 spiro atoms. The van der Waals surface area contributed by atoms with Crippen LogP contribution < -0.4 is 0 Å². The summed E-state index contributed by atoms with van der Waals surface area (Å²) in [5, 5.41) is 0. The smallest absolute Gasteiger partial charge is 0.202 e. The van der Waals surface area contributed by atoms with Crippen LogP contribution in [0.4, 0.5) is 0 Å². The lowest BCUT2D eigenvalue weighted by Gasteiger charge is -2.59. The van der Waals surface area contributed by atoms with Gasteiger partial charge in [0.15, 0.2) is 5.78 Å². The number of ketones is 3. The zero-order valence-corrected chi connectivity index (χ0v) is 14.5. The predicted molar refractivity (Wildman–Crippen MR) is 89.9 cm³/mol. The van der Waals surface area contributed by atoms with Crippen LogP contribution in [-0.4, -0.2) is 17.3 Å². The molecule has 0 aromatic rings. The number of hydrogen-bond acceptors (Lipinski definition) is 3. The average molecular weight is 326 g/mol. The molecule has 2 unspecified atom stereocenters. The van der Waals surface area contributed by atoms with E-state index in [-0.39, 0.29) is 28.3 Å². The van der Waals surface area contributed by atoms with Gasteiger partial charge in [0.25, 0.3) is 0 Å². The summed E-state index contributed by atoms with van der Waals surface area (Å²) in [7, 11) is 0. The van der Waals surface area contributed by atoms with E-state index < -0.39 is 0 Å². The van der Waals surface area contributed by atoms with Crippen LogP contribution in [-0.2, 0) is 14.4 Å². The second-order valence-electron chi connectivity index (χ2n) is 8.83. The van der Waals surface area contributed by atoms with Gasteiger partial charge in [-0.25, -0.2) is 0 Å². The third-order valence-electron chi connectivity index (χ3n) is 8.21. The van der Waals surface area contributed by atoms with Crippen LogP contribution in [0.25, 0.3) is 0 Å². The van der Waals surface area contributed by atoms with Crippen molar-refractivity contribution in [3.63, 3.8) is 0 Å². The summed E-state index contributed by atoms with van der Waals surface area (Å²) in [4.78, 5) is 37.0. The fourth-order valence-corrected chi connectivity index (χ4v) is 7.03. The van der Waals surface area contributed by atoms with Gasteiger partial charge in [0.1, 0.15) is 5.78 Å². The van der Waals surface area contributed by atoms with Crippen molar-refractivity contribution < 1.29 is 14.4 Å².